The van der Waals surface area contributed by atoms with E-state index in [4.69, 9.17) is 0 Å². The van der Waals surface area contributed by atoms with Gasteiger partial charge < -0.3 is 5.32 Å². The van der Waals surface area contributed by atoms with Gasteiger partial charge in [0.1, 0.15) is 0 Å². The number of nitrogens with one attached hydrogen (secondary N) is 1. The Labute approximate surface area is 116 Å². The zero-order valence-corrected chi connectivity index (χ0v) is 13.3. The van der Waals surface area contributed by atoms with Gasteiger partial charge >= 0.3 is 0 Å². The quantitative estimate of drug-likeness (QED) is 0.402. The van der Waals surface area contributed by atoms with Gasteiger partial charge in [0.25, 0.3) is 0 Å². The summed E-state index contributed by atoms with van der Waals surface area (Å²) in [5.74, 6) is 0.855. The van der Waals surface area contributed by atoms with Crippen molar-refractivity contribution in [1.29, 1.82) is 0 Å². The Morgan fingerprint density at radius 2 is 1.17 bits per heavy atom. The minimum atomic E-state index is 0.855. The predicted molar refractivity (Wildman–Crippen MR) is 84.2 cm³/mol. The van der Waals surface area contributed by atoms with Gasteiger partial charge in [-0.05, 0) is 25.9 Å². The van der Waals surface area contributed by atoms with E-state index in [2.05, 4.69) is 26.2 Å². The lowest BCUT2D eigenvalue weighted by atomic mass is 10.0. The molecule has 1 nitrogen and oxygen atoms in total. The van der Waals surface area contributed by atoms with Crippen LogP contribution >= 0.6 is 0 Å². The Bertz CT molecular complexity index is 145. The molecule has 1 atom stereocenters. The summed E-state index contributed by atoms with van der Waals surface area (Å²) < 4.78 is 0. The van der Waals surface area contributed by atoms with E-state index < -0.39 is 0 Å². The van der Waals surface area contributed by atoms with Crippen molar-refractivity contribution >= 4 is 0 Å². The molecule has 1 N–H and O–H groups in total. The molecule has 0 aromatic rings. The molecule has 18 heavy (non-hydrogen) atoms. The molecule has 0 heterocycles. The standard InChI is InChI=1S/C17H37N/c1-4-5-6-7-8-9-10-11-12-13-14-15-17(2)16-18-3/h17-18H,4-16H2,1-3H3. The first-order chi connectivity index (χ1) is 8.81. The lowest BCUT2D eigenvalue weighted by molar-refractivity contribution is 0.463. The van der Waals surface area contributed by atoms with Crippen molar-refractivity contribution < 1.29 is 0 Å². The second-order valence-corrected chi connectivity index (χ2v) is 5.99. The lowest BCUT2D eigenvalue weighted by Crippen LogP contribution is -2.15. The van der Waals surface area contributed by atoms with Gasteiger partial charge in [-0.3, -0.25) is 0 Å². The van der Waals surface area contributed by atoms with Crippen LogP contribution < -0.4 is 5.32 Å². The summed E-state index contributed by atoms with van der Waals surface area (Å²) in [7, 11) is 2.05. The number of unbranched alkanes of at least 4 members (excludes halogenated alkanes) is 10. The minimum absolute atomic E-state index is 0.855. The third-order valence-electron chi connectivity index (χ3n) is 3.85. The maximum Gasteiger partial charge on any atom is -0.00262 e. The van der Waals surface area contributed by atoms with E-state index in [1.54, 1.807) is 0 Å². The molecule has 0 bridgehead atoms. The van der Waals surface area contributed by atoms with Gasteiger partial charge in [-0.1, -0.05) is 84.5 Å². The van der Waals surface area contributed by atoms with Gasteiger partial charge in [0.15, 0.2) is 0 Å². The van der Waals surface area contributed by atoms with E-state index in [0.29, 0.717) is 0 Å². The summed E-state index contributed by atoms with van der Waals surface area (Å²) in [5.41, 5.74) is 0. The Kier molecular flexibility index (Phi) is 15.0. The Morgan fingerprint density at radius 1 is 0.722 bits per heavy atom. The maximum atomic E-state index is 3.26. The van der Waals surface area contributed by atoms with Gasteiger partial charge in [0.2, 0.25) is 0 Å². The van der Waals surface area contributed by atoms with E-state index in [1.165, 1.54) is 83.6 Å². The number of hydrogen-bond donors (Lipinski definition) is 1. The Hall–Kier alpha value is -0.0400. The van der Waals surface area contributed by atoms with E-state index in [9.17, 15) is 0 Å². The molecule has 0 rings (SSSR count). The summed E-state index contributed by atoms with van der Waals surface area (Å²) in [6, 6.07) is 0. The van der Waals surface area contributed by atoms with Crippen molar-refractivity contribution in [3.63, 3.8) is 0 Å². The van der Waals surface area contributed by atoms with Crippen molar-refractivity contribution in [3.05, 3.63) is 0 Å². The molecule has 0 aliphatic rings. The summed E-state index contributed by atoms with van der Waals surface area (Å²) in [6.07, 6.45) is 17.3. The van der Waals surface area contributed by atoms with Crippen LogP contribution in [0.1, 0.15) is 90.9 Å². The predicted octanol–water partition coefficient (Wildman–Crippen LogP) is 5.54. The van der Waals surface area contributed by atoms with Crippen LogP contribution in [0.5, 0.6) is 0 Å². The molecule has 0 aliphatic carbocycles. The first kappa shape index (κ1) is 18.0. The summed E-state index contributed by atoms with van der Waals surface area (Å²) in [6.45, 7) is 5.82. The molecule has 1 heteroatoms. The van der Waals surface area contributed by atoms with Gasteiger partial charge in [-0.15, -0.1) is 0 Å². The molecular formula is C17H37N. The highest BCUT2D eigenvalue weighted by atomic mass is 14.8. The highest BCUT2D eigenvalue weighted by Crippen LogP contribution is 2.13. The minimum Gasteiger partial charge on any atom is -0.319 e. The van der Waals surface area contributed by atoms with Crippen LogP contribution in [0.4, 0.5) is 0 Å². The maximum absolute atomic E-state index is 3.26. The first-order valence-electron chi connectivity index (χ1n) is 8.45. The molecule has 1 unspecified atom stereocenters. The molecule has 110 valence electrons. The monoisotopic (exact) mass is 255 g/mol. The van der Waals surface area contributed by atoms with Gasteiger partial charge in [-0.25, -0.2) is 0 Å². The normalized spacial score (nSPS) is 12.8. The van der Waals surface area contributed by atoms with Crippen LogP contribution in [0, 0.1) is 5.92 Å². The first-order valence-corrected chi connectivity index (χ1v) is 8.45. The second kappa shape index (κ2) is 15.0. The fourth-order valence-corrected chi connectivity index (χ4v) is 2.61. The largest absolute Gasteiger partial charge is 0.319 e. The zero-order chi connectivity index (χ0) is 13.5. The van der Waals surface area contributed by atoms with E-state index in [-0.39, 0.29) is 0 Å². The van der Waals surface area contributed by atoms with Crippen LogP contribution in [0.25, 0.3) is 0 Å². The average Bonchev–Trinajstić information content (AvgIpc) is 2.36. The van der Waals surface area contributed by atoms with Crippen LogP contribution in [-0.2, 0) is 0 Å². The molecule has 0 fully saturated rings. The molecule has 0 saturated heterocycles. The highest BCUT2D eigenvalue weighted by molar-refractivity contribution is 4.55. The molecule has 0 saturated carbocycles. The molecule has 0 aromatic carbocycles. The molecule has 0 amide bonds. The summed E-state index contributed by atoms with van der Waals surface area (Å²) in [5, 5.41) is 3.26. The summed E-state index contributed by atoms with van der Waals surface area (Å²) in [4.78, 5) is 0. The number of hydrogen-bond acceptors (Lipinski definition) is 1. The topological polar surface area (TPSA) is 12.0 Å². The molecule has 0 aromatic heterocycles. The molecular weight excluding hydrogens is 218 g/mol. The van der Waals surface area contributed by atoms with E-state index in [0.717, 1.165) is 5.92 Å². The zero-order valence-electron chi connectivity index (χ0n) is 13.3. The SMILES string of the molecule is CCCCCCCCCCCCCC(C)CNC. The fourth-order valence-electron chi connectivity index (χ4n) is 2.61. The lowest BCUT2D eigenvalue weighted by Gasteiger charge is -2.09. The Morgan fingerprint density at radius 3 is 1.61 bits per heavy atom. The van der Waals surface area contributed by atoms with E-state index >= 15 is 0 Å². The summed E-state index contributed by atoms with van der Waals surface area (Å²) >= 11 is 0. The second-order valence-electron chi connectivity index (χ2n) is 5.99. The van der Waals surface area contributed by atoms with Crippen LogP contribution in [0.3, 0.4) is 0 Å². The van der Waals surface area contributed by atoms with Gasteiger partial charge in [0.05, 0.1) is 0 Å². The molecule has 0 radical (unpaired) electrons. The highest BCUT2D eigenvalue weighted by Gasteiger charge is 1.99. The average molecular weight is 255 g/mol. The van der Waals surface area contributed by atoms with Crippen LogP contribution in [-0.4, -0.2) is 13.6 Å². The molecule has 0 aliphatic heterocycles. The van der Waals surface area contributed by atoms with Crippen LogP contribution in [0.2, 0.25) is 0 Å². The number of rotatable bonds is 14. The third kappa shape index (κ3) is 14.0. The fraction of sp³-hybridized carbons (Fsp3) is 1.00. The van der Waals surface area contributed by atoms with Gasteiger partial charge in [0, 0.05) is 0 Å². The third-order valence-corrected chi connectivity index (χ3v) is 3.85. The van der Waals surface area contributed by atoms with Crippen molar-refractivity contribution in [2.24, 2.45) is 5.92 Å². The Balaban J connectivity index is 2.98. The van der Waals surface area contributed by atoms with Crippen molar-refractivity contribution in [1.82, 2.24) is 5.32 Å². The van der Waals surface area contributed by atoms with E-state index in [1.807, 2.05) is 0 Å². The van der Waals surface area contributed by atoms with Crippen molar-refractivity contribution in [2.75, 3.05) is 13.6 Å². The van der Waals surface area contributed by atoms with Gasteiger partial charge in [-0.2, -0.15) is 0 Å². The van der Waals surface area contributed by atoms with Crippen LogP contribution in [0.15, 0.2) is 0 Å². The van der Waals surface area contributed by atoms with Crippen molar-refractivity contribution in [3.8, 4) is 0 Å². The molecule has 0 spiro atoms. The van der Waals surface area contributed by atoms with Crippen molar-refractivity contribution in [2.45, 2.75) is 90.9 Å². The smallest absolute Gasteiger partial charge is 0.00262 e.